The standard InChI is InChI=1S/C16H18N2O2S/c1-11(15(19)20)17-8-9-18(16(17)21)14-7-6-12-4-2-3-5-13(12)10-14/h2-5,8-9,11,14H,6-7,10H2,1H3,(H,19,20). The first kappa shape index (κ1) is 14.1. The third-order valence-corrected chi connectivity index (χ3v) is 4.74. The Morgan fingerprint density at radius 2 is 2.05 bits per heavy atom. The van der Waals surface area contributed by atoms with E-state index in [4.69, 9.17) is 17.3 Å². The van der Waals surface area contributed by atoms with E-state index in [9.17, 15) is 4.79 Å². The van der Waals surface area contributed by atoms with Crippen LogP contribution in [0.25, 0.3) is 0 Å². The number of carboxylic acid groups (broad SMARTS) is 1. The minimum atomic E-state index is -0.863. The van der Waals surface area contributed by atoms with Crippen molar-refractivity contribution in [2.75, 3.05) is 0 Å². The van der Waals surface area contributed by atoms with Gasteiger partial charge in [0.25, 0.3) is 0 Å². The summed E-state index contributed by atoms with van der Waals surface area (Å²) < 4.78 is 4.29. The molecule has 0 saturated heterocycles. The lowest BCUT2D eigenvalue weighted by Gasteiger charge is -2.25. The largest absolute Gasteiger partial charge is 0.480 e. The van der Waals surface area contributed by atoms with Crippen molar-refractivity contribution in [3.63, 3.8) is 0 Å². The predicted octanol–water partition coefficient (Wildman–Crippen LogP) is 3.39. The topological polar surface area (TPSA) is 47.2 Å². The van der Waals surface area contributed by atoms with Crippen LogP contribution in [-0.4, -0.2) is 20.2 Å². The van der Waals surface area contributed by atoms with Gasteiger partial charge >= 0.3 is 5.97 Å². The summed E-state index contributed by atoms with van der Waals surface area (Å²) in [6, 6.07) is 8.18. The first-order chi connectivity index (χ1) is 10.1. The summed E-state index contributed by atoms with van der Waals surface area (Å²) in [5, 5.41) is 9.13. The molecule has 4 nitrogen and oxygen atoms in total. The Balaban J connectivity index is 1.90. The van der Waals surface area contributed by atoms with E-state index < -0.39 is 12.0 Å². The number of hydrogen-bond donors (Lipinski definition) is 1. The lowest BCUT2D eigenvalue weighted by molar-refractivity contribution is -0.140. The van der Waals surface area contributed by atoms with Crippen molar-refractivity contribution in [1.29, 1.82) is 0 Å². The van der Waals surface area contributed by atoms with Crippen molar-refractivity contribution in [2.24, 2.45) is 0 Å². The maximum absolute atomic E-state index is 11.1. The van der Waals surface area contributed by atoms with Crippen molar-refractivity contribution >= 4 is 18.2 Å². The molecule has 1 aliphatic carbocycles. The Morgan fingerprint density at radius 1 is 1.33 bits per heavy atom. The first-order valence-corrected chi connectivity index (χ1v) is 7.57. The van der Waals surface area contributed by atoms with Crippen LogP contribution in [0, 0.1) is 4.77 Å². The average Bonchev–Trinajstić information content (AvgIpc) is 2.87. The highest BCUT2D eigenvalue weighted by atomic mass is 32.1. The molecule has 1 aromatic carbocycles. The van der Waals surface area contributed by atoms with Gasteiger partial charge in [0.15, 0.2) is 4.77 Å². The Hall–Kier alpha value is -1.88. The molecule has 3 rings (SSSR count). The summed E-state index contributed by atoms with van der Waals surface area (Å²) in [5.74, 6) is -0.863. The van der Waals surface area contributed by atoms with Crippen molar-refractivity contribution in [2.45, 2.75) is 38.3 Å². The molecule has 2 aromatic rings. The number of benzene rings is 1. The molecule has 110 valence electrons. The highest BCUT2D eigenvalue weighted by molar-refractivity contribution is 7.71. The molecule has 0 amide bonds. The maximum atomic E-state index is 11.1. The van der Waals surface area contributed by atoms with E-state index in [0.29, 0.717) is 10.8 Å². The molecule has 2 unspecified atom stereocenters. The Morgan fingerprint density at radius 3 is 2.76 bits per heavy atom. The molecule has 0 saturated carbocycles. The Labute approximate surface area is 128 Å². The molecular weight excluding hydrogens is 284 g/mol. The lowest BCUT2D eigenvalue weighted by Crippen LogP contribution is -2.20. The number of nitrogens with zero attached hydrogens (tertiary/aromatic N) is 2. The molecule has 1 aliphatic rings. The van der Waals surface area contributed by atoms with Crippen molar-refractivity contribution < 1.29 is 9.90 Å². The van der Waals surface area contributed by atoms with Gasteiger partial charge in [0.2, 0.25) is 0 Å². The second-order valence-corrected chi connectivity index (χ2v) is 5.94. The zero-order chi connectivity index (χ0) is 15.0. The fourth-order valence-electron chi connectivity index (χ4n) is 3.01. The number of aliphatic carboxylic acids is 1. The van der Waals surface area contributed by atoms with Crippen LogP contribution in [0.5, 0.6) is 0 Å². The van der Waals surface area contributed by atoms with E-state index in [2.05, 4.69) is 24.3 Å². The molecular formula is C16H18N2O2S. The molecule has 2 atom stereocenters. The third kappa shape index (κ3) is 2.53. The minimum absolute atomic E-state index is 0.314. The van der Waals surface area contributed by atoms with E-state index in [1.54, 1.807) is 17.7 Å². The Bertz CT molecular complexity index is 732. The van der Waals surface area contributed by atoms with Crippen molar-refractivity contribution in [1.82, 2.24) is 9.13 Å². The molecule has 21 heavy (non-hydrogen) atoms. The van der Waals surface area contributed by atoms with Gasteiger partial charge in [0.05, 0.1) is 0 Å². The number of rotatable bonds is 3. The highest BCUT2D eigenvalue weighted by Gasteiger charge is 2.22. The number of carbonyl (C=O) groups is 1. The van der Waals surface area contributed by atoms with Crippen molar-refractivity contribution in [3.8, 4) is 0 Å². The fraction of sp³-hybridized carbons (Fsp3) is 0.375. The summed E-state index contributed by atoms with van der Waals surface area (Å²) >= 11 is 5.46. The van der Waals surface area contributed by atoms with Crippen LogP contribution in [0.4, 0.5) is 0 Å². The number of carboxylic acids is 1. The zero-order valence-electron chi connectivity index (χ0n) is 11.9. The number of hydrogen-bond acceptors (Lipinski definition) is 2. The highest BCUT2D eigenvalue weighted by Crippen LogP contribution is 2.29. The number of aromatic nitrogens is 2. The van der Waals surface area contributed by atoms with E-state index in [-0.39, 0.29) is 0 Å². The van der Waals surface area contributed by atoms with Gasteiger partial charge in [-0.2, -0.15) is 0 Å². The molecule has 0 bridgehead atoms. The van der Waals surface area contributed by atoms with Gasteiger partial charge in [-0.05, 0) is 49.5 Å². The van der Waals surface area contributed by atoms with Crippen molar-refractivity contribution in [3.05, 3.63) is 52.6 Å². The third-order valence-electron chi connectivity index (χ3n) is 4.32. The van der Waals surface area contributed by atoms with Gasteiger partial charge in [0, 0.05) is 18.4 Å². The maximum Gasteiger partial charge on any atom is 0.326 e. The molecule has 1 N–H and O–H groups in total. The molecule has 0 aliphatic heterocycles. The van der Waals surface area contributed by atoms with Gasteiger partial charge in [-0.1, -0.05) is 24.3 Å². The normalized spacial score (nSPS) is 19.0. The van der Waals surface area contributed by atoms with Gasteiger partial charge in [-0.15, -0.1) is 0 Å². The predicted molar refractivity (Wildman–Crippen MR) is 83.1 cm³/mol. The number of imidazole rings is 1. The van der Waals surface area contributed by atoms with Gasteiger partial charge in [-0.25, -0.2) is 4.79 Å². The Kier molecular flexibility index (Phi) is 3.68. The summed E-state index contributed by atoms with van der Waals surface area (Å²) in [5.41, 5.74) is 2.79. The van der Waals surface area contributed by atoms with Crippen LogP contribution in [0.1, 0.15) is 36.6 Å². The first-order valence-electron chi connectivity index (χ1n) is 7.16. The molecule has 5 heteroatoms. The molecule has 0 radical (unpaired) electrons. The number of aryl methyl sites for hydroxylation is 1. The summed E-state index contributed by atoms with van der Waals surface area (Å²) in [4.78, 5) is 11.1. The lowest BCUT2D eigenvalue weighted by atomic mass is 9.88. The van der Waals surface area contributed by atoms with E-state index >= 15 is 0 Å². The second kappa shape index (κ2) is 5.48. The fourth-order valence-corrected chi connectivity index (χ4v) is 3.44. The van der Waals surface area contributed by atoms with E-state index in [1.807, 2.05) is 10.8 Å². The van der Waals surface area contributed by atoms with Crippen LogP contribution in [0.2, 0.25) is 0 Å². The van der Waals surface area contributed by atoms with Crippen LogP contribution in [-0.2, 0) is 17.6 Å². The quantitative estimate of drug-likeness (QED) is 0.884. The minimum Gasteiger partial charge on any atom is -0.480 e. The van der Waals surface area contributed by atoms with E-state index in [0.717, 1.165) is 19.3 Å². The van der Waals surface area contributed by atoms with Gasteiger partial charge < -0.3 is 14.2 Å². The smallest absolute Gasteiger partial charge is 0.326 e. The van der Waals surface area contributed by atoms with E-state index in [1.165, 1.54) is 11.1 Å². The summed E-state index contributed by atoms with van der Waals surface area (Å²) in [7, 11) is 0. The van der Waals surface area contributed by atoms with Crippen LogP contribution < -0.4 is 0 Å². The molecule has 1 aromatic heterocycles. The molecule has 0 spiro atoms. The molecule has 0 fully saturated rings. The molecule has 1 heterocycles. The summed E-state index contributed by atoms with van der Waals surface area (Å²) in [6.45, 7) is 1.65. The number of fused-ring (bicyclic) bond motifs is 1. The van der Waals surface area contributed by atoms with Gasteiger partial charge in [0.1, 0.15) is 6.04 Å². The van der Waals surface area contributed by atoms with Crippen LogP contribution >= 0.6 is 12.2 Å². The SMILES string of the molecule is CC(C(=O)O)n1ccn(C2CCc3ccccc3C2)c1=S. The summed E-state index contributed by atoms with van der Waals surface area (Å²) in [6.07, 6.45) is 6.73. The van der Waals surface area contributed by atoms with Crippen LogP contribution in [0.3, 0.4) is 0 Å². The zero-order valence-corrected chi connectivity index (χ0v) is 12.7. The average molecular weight is 302 g/mol. The monoisotopic (exact) mass is 302 g/mol. The van der Waals surface area contributed by atoms with Gasteiger partial charge in [-0.3, -0.25) is 0 Å². The van der Waals surface area contributed by atoms with Crippen LogP contribution in [0.15, 0.2) is 36.7 Å². The second-order valence-electron chi connectivity index (χ2n) is 5.57.